The molecule has 2 N–H and O–H groups in total. The first-order chi connectivity index (χ1) is 6.86. The molecule has 0 aliphatic carbocycles. The van der Waals surface area contributed by atoms with Crippen LogP contribution in [0.5, 0.6) is 0 Å². The molecule has 1 fully saturated rings. The largest absolute Gasteiger partial charge is 0.381 e. The first-order valence-corrected chi connectivity index (χ1v) is 5.49. The summed E-state index contributed by atoms with van der Waals surface area (Å²) in [7, 11) is 0. The van der Waals surface area contributed by atoms with Crippen LogP contribution < -0.4 is 10.6 Å². The van der Waals surface area contributed by atoms with Gasteiger partial charge in [-0.25, -0.2) is 0 Å². The summed E-state index contributed by atoms with van der Waals surface area (Å²) in [5.74, 6) is 1.71. The Bertz CT molecular complexity index is 211. The van der Waals surface area contributed by atoms with Gasteiger partial charge in [0.1, 0.15) is 0 Å². The fourth-order valence-corrected chi connectivity index (χ4v) is 2.04. The van der Waals surface area contributed by atoms with Crippen molar-refractivity contribution in [2.75, 3.05) is 26.3 Å². The predicted octanol–water partition coefficient (Wildman–Crippen LogP) is 0.350. The van der Waals surface area contributed by atoms with Gasteiger partial charge >= 0.3 is 0 Å². The third-order valence-corrected chi connectivity index (χ3v) is 3.01. The average molecular weight is 197 g/mol. The zero-order valence-electron chi connectivity index (χ0n) is 8.75. The molecule has 0 saturated carbocycles. The standard InChI is InChI=1S/C10H19N3O/c1-8(9-2-6-14-7-3-9)13-10-11-4-5-12-10/h8-9H,2-7H2,1H3,(H2,11,12,13). The van der Waals surface area contributed by atoms with E-state index >= 15 is 0 Å². The Morgan fingerprint density at radius 1 is 1.50 bits per heavy atom. The van der Waals surface area contributed by atoms with Crippen LogP contribution in [0.4, 0.5) is 0 Å². The number of ether oxygens (including phenoxy) is 1. The SMILES string of the molecule is CC(NC1=NCCN1)C1CCOCC1. The molecule has 1 atom stereocenters. The van der Waals surface area contributed by atoms with Crippen molar-refractivity contribution in [3.05, 3.63) is 0 Å². The molecule has 0 aromatic rings. The summed E-state index contributed by atoms with van der Waals surface area (Å²) in [4.78, 5) is 4.33. The molecule has 80 valence electrons. The number of nitrogens with one attached hydrogen (secondary N) is 2. The van der Waals surface area contributed by atoms with E-state index in [1.807, 2.05) is 0 Å². The molecule has 1 unspecified atom stereocenters. The van der Waals surface area contributed by atoms with E-state index in [1.165, 1.54) is 12.8 Å². The summed E-state index contributed by atoms with van der Waals surface area (Å²) in [6.45, 7) is 5.94. The molecule has 14 heavy (non-hydrogen) atoms. The van der Waals surface area contributed by atoms with Crippen LogP contribution in [-0.2, 0) is 4.74 Å². The van der Waals surface area contributed by atoms with E-state index in [9.17, 15) is 0 Å². The highest BCUT2D eigenvalue weighted by Gasteiger charge is 2.21. The molecule has 0 amide bonds. The van der Waals surface area contributed by atoms with E-state index in [-0.39, 0.29) is 0 Å². The first kappa shape index (κ1) is 9.77. The molecule has 4 heteroatoms. The number of rotatable bonds is 2. The highest BCUT2D eigenvalue weighted by atomic mass is 16.5. The summed E-state index contributed by atoms with van der Waals surface area (Å²) in [5, 5.41) is 6.67. The zero-order valence-corrected chi connectivity index (χ0v) is 8.75. The smallest absolute Gasteiger partial charge is 0.191 e. The van der Waals surface area contributed by atoms with Crippen LogP contribution in [0, 0.1) is 5.92 Å². The molecule has 0 bridgehead atoms. The first-order valence-electron chi connectivity index (χ1n) is 5.49. The highest BCUT2D eigenvalue weighted by molar-refractivity contribution is 5.81. The van der Waals surface area contributed by atoms with Crippen LogP contribution in [0.25, 0.3) is 0 Å². The minimum absolute atomic E-state index is 0.503. The number of guanidine groups is 1. The molecule has 0 radical (unpaired) electrons. The lowest BCUT2D eigenvalue weighted by atomic mass is 9.93. The third kappa shape index (κ3) is 2.38. The van der Waals surface area contributed by atoms with Gasteiger partial charge in [0.2, 0.25) is 0 Å². The number of nitrogens with zero attached hydrogens (tertiary/aromatic N) is 1. The van der Waals surface area contributed by atoms with Gasteiger partial charge in [0.25, 0.3) is 0 Å². The Kier molecular flexibility index (Phi) is 3.24. The third-order valence-electron chi connectivity index (χ3n) is 3.01. The molecule has 2 aliphatic rings. The topological polar surface area (TPSA) is 45.7 Å². The summed E-state index contributed by atoms with van der Waals surface area (Å²) in [6, 6.07) is 0.503. The van der Waals surface area contributed by atoms with Crippen LogP contribution in [0.15, 0.2) is 4.99 Å². The fraction of sp³-hybridized carbons (Fsp3) is 0.900. The van der Waals surface area contributed by atoms with Crippen LogP contribution >= 0.6 is 0 Å². The van der Waals surface area contributed by atoms with Gasteiger partial charge in [0.15, 0.2) is 5.96 Å². The minimum Gasteiger partial charge on any atom is -0.381 e. The van der Waals surface area contributed by atoms with Gasteiger partial charge in [0, 0.05) is 25.8 Å². The van der Waals surface area contributed by atoms with Crippen LogP contribution in [0.3, 0.4) is 0 Å². The molecule has 1 saturated heterocycles. The quantitative estimate of drug-likeness (QED) is 0.671. The molecule has 2 aliphatic heterocycles. The molecule has 2 heterocycles. The molecular weight excluding hydrogens is 178 g/mol. The van der Waals surface area contributed by atoms with E-state index in [1.54, 1.807) is 0 Å². The normalized spacial score (nSPS) is 25.4. The van der Waals surface area contributed by atoms with Gasteiger partial charge in [-0.2, -0.15) is 0 Å². The maximum absolute atomic E-state index is 5.35. The molecular formula is C10H19N3O. The fourth-order valence-electron chi connectivity index (χ4n) is 2.04. The molecule has 0 spiro atoms. The maximum atomic E-state index is 5.35. The van der Waals surface area contributed by atoms with Crippen molar-refractivity contribution in [2.24, 2.45) is 10.9 Å². The summed E-state index contributed by atoms with van der Waals surface area (Å²) >= 11 is 0. The van der Waals surface area contributed by atoms with E-state index in [0.29, 0.717) is 6.04 Å². The van der Waals surface area contributed by atoms with Crippen molar-refractivity contribution in [3.8, 4) is 0 Å². The Morgan fingerprint density at radius 2 is 2.29 bits per heavy atom. The van der Waals surface area contributed by atoms with E-state index in [2.05, 4.69) is 22.5 Å². The lowest BCUT2D eigenvalue weighted by molar-refractivity contribution is 0.0581. The predicted molar refractivity (Wildman–Crippen MR) is 56.4 cm³/mol. The number of aliphatic imine (C=N–C) groups is 1. The maximum Gasteiger partial charge on any atom is 0.191 e. The Labute approximate surface area is 85.1 Å². The second-order valence-corrected chi connectivity index (χ2v) is 4.04. The molecule has 4 nitrogen and oxygen atoms in total. The van der Waals surface area contributed by atoms with Gasteiger partial charge in [-0.1, -0.05) is 0 Å². The molecule has 2 rings (SSSR count). The van der Waals surface area contributed by atoms with Crippen LogP contribution in [-0.4, -0.2) is 38.3 Å². The summed E-state index contributed by atoms with van der Waals surface area (Å²) in [6.07, 6.45) is 2.34. The summed E-state index contributed by atoms with van der Waals surface area (Å²) < 4.78 is 5.35. The minimum atomic E-state index is 0.503. The number of hydrogen-bond acceptors (Lipinski definition) is 4. The zero-order chi connectivity index (χ0) is 9.80. The van der Waals surface area contributed by atoms with Gasteiger partial charge in [0.05, 0.1) is 6.54 Å². The van der Waals surface area contributed by atoms with Crippen molar-refractivity contribution < 1.29 is 4.74 Å². The van der Waals surface area contributed by atoms with Crippen molar-refractivity contribution >= 4 is 5.96 Å². The van der Waals surface area contributed by atoms with E-state index in [0.717, 1.165) is 38.2 Å². The average Bonchev–Trinajstić information content (AvgIpc) is 2.72. The molecule has 0 aromatic carbocycles. The van der Waals surface area contributed by atoms with Crippen molar-refractivity contribution in [1.82, 2.24) is 10.6 Å². The Hall–Kier alpha value is -0.770. The lowest BCUT2D eigenvalue weighted by Crippen LogP contribution is -2.44. The second-order valence-electron chi connectivity index (χ2n) is 4.04. The monoisotopic (exact) mass is 197 g/mol. The van der Waals surface area contributed by atoms with E-state index in [4.69, 9.17) is 4.74 Å². The Balaban J connectivity index is 1.78. The van der Waals surface area contributed by atoms with Crippen molar-refractivity contribution in [2.45, 2.75) is 25.8 Å². The summed E-state index contributed by atoms with van der Waals surface area (Å²) in [5.41, 5.74) is 0. The Morgan fingerprint density at radius 3 is 2.93 bits per heavy atom. The van der Waals surface area contributed by atoms with Crippen LogP contribution in [0.1, 0.15) is 19.8 Å². The highest BCUT2D eigenvalue weighted by Crippen LogP contribution is 2.18. The van der Waals surface area contributed by atoms with Crippen molar-refractivity contribution in [1.29, 1.82) is 0 Å². The van der Waals surface area contributed by atoms with Crippen LogP contribution in [0.2, 0.25) is 0 Å². The van der Waals surface area contributed by atoms with Gasteiger partial charge < -0.3 is 15.4 Å². The van der Waals surface area contributed by atoms with E-state index < -0.39 is 0 Å². The van der Waals surface area contributed by atoms with Crippen molar-refractivity contribution in [3.63, 3.8) is 0 Å². The lowest BCUT2D eigenvalue weighted by Gasteiger charge is -2.28. The number of hydrogen-bond donors (Lipinski definition) is 2. The second kappa shape index (κ2) is 4.64. The van der Waals surface area contributed by atoms with Gasteiger partial charge in [-0.3, -0.25) is 4.99 Å². The molecule has 0 aromatic heterocycles. The van der Waals surface area contributed by atoms with Gasteiger partial charge in [-0.15, -0.1) is 0 Å². The van der Waals surface area contributed by atoms with Gasteiger partial charge in [-0.05, 0) is 25.7 Å².